The molecule has 2 heterocycles. The van der Waals surface area contributed by atoms with Crippen LogP contribution in [0.3, 0.4) is 0 Å². The van der Waals surface area contributed by atoms with E-state index >= 15 is 0 Å². The summed E-state index contributed by atoms with van der Waals surface area (Å²) in [6, 6.07) is 5.02. The predicted octanol–water partition coefficient (Wildman–Crippen LogP) is 4.39. The van der Waals surface area contributed by atoms with Crippen molar-refractivity contribution in [2.45, 2.75) is 19.5 Å². The molecule has 0 aliphatic carbocycles. The average molecular weight is 351 g/mol. The fraction of sp³-hybridized carbons (Fsp3) is 0.188. The largest absolute Gasteiger partial charge is 0.416 e. The Bertz CT molecular complexity index is 883. The number of hydrogen-bond acceptors (Lipinski definition) is 4. The molecule has 0 spiro atoms. The second-order valence-corrected chi connectivity index (χ2v) is 5.86. The van der Waals surface area contributed by atoms with Gasteiger partial charge < -0.3 is 0 Å². The smallest absolute Gasteiger partial charge is 0.298 e. The molecule has 0 bridgehead atoms. The Balaban J connectivity index is 2.00. The maximum atomic E-state index is 12.8. The summed E-state index contributed by atoms with van der Waals surface area (Å²) >= 11 is 1.26. The maximum Gasteiger partial charge on any atom is 0.416 e. The topological polar surface area (TPSA) is 47.8 Å². The van der Waals surface area contributed by atoms with E-state index in [-0.39, 0.29) is 0 Å². The van der Waals surface area contributed by atoms with Crippen molar-refractivity contribution in [2.24, 2.45) is 0 Å². The van der Waals surface area contributed by atoms with Crippen LogP contribution in [0.25, 0.3) is 16.4 Å². The first-order valence-electron chi connectivity index (χ1n) is 7.09. The van der Waals surface area contributed by atoms with Gasteiger partial charge in [0.15, 0.2) is 6.29 Å². The number of carbonyl (C=O) groups excluding carboxylic acids is 1. The first-order chi connectivity index (χ1) is 11.4. The van der Waals surface area contributed by atoms with Crippen LogP contribution in [-0.4, -0.2) is 21.1 Å². The van der Waals surface area contributed by atoms with E-state index in [4.69, 9.17) is 0 Å². The minimum absolute atomic E-state index is 0.383. The fourth-order valence-electron chi connectivity index (χ4n) is 2.35. The highest BCUT2D eigenvalue weighted by Crippen LogP contribution is 2.33. The van der Waals surface area contributed by atoms with Gasteiger partial charge in [-0.2, -0.15) is 18.3 Å². The molecule has 24 heavy (non-hydrogen) atoms. The van der Waals surface area contributed by atoms with E-state index in [1.807, 2.05) is 6.92 Å². The van der Waals surface area contributed by atoms with Crippen LogP contribution in [-0.2, 0) is 12.6 Å². The summed E-state index contributed by atoms with van der Waals surface area (Å²) in [7, 11) is 0. The summed E-state index contributed by atoms with van der Waals surface area (Å²) in [6.45, 7) is 1.89. The van der Waals surface area contributed by atoms with E-state index in [0.717, 1.165) is 24.1 Å². The minimum Gasteiger partial charge on any atom is -0.298 e. The van der Waals surface area contributed by atoms with Gasteiger partial charge in [-0.3, -0.25) is 4.79 Å². The lowest BCUT2D eigenvalue weighted by Gasteiger charge is -2.07. The standard InChI is InChI=1S/C16H12F3N3OS/c1-2-14-11(8-23)7-20-22(14)15-21-13(9-24-15)10-4-3-5-12(6-10)16(17,18)19/h3-9H,2H2,1H3. The quantitative estimate of drug-likeness (QED) is 0.655. The highest BCUT2D eigenvalue weighted by atomic mass is 32.1. The SMILES string of the molecule is CCc1c(C=O)cnn1-c1nc(-c2cccc(C(F)(F)F)c2)cs1. The van der Waals surface area contributed by atoms with Gasteiger partial charge in [0.05, 0.1) is 28.7 Å². The number of benzene rings is 1. The molecule has 0 saturated heterocycles. The number of aromatic nitrogens is 3. The summed E-state index contributed by atoms with van der Waals surface area (Å²) in [5.41, 5.74) is 1.30. The normalized spacial score (nSPS) is 11.7. The van der Waals surface area contributed by atoms with E-state index in [1.54, 1.807) is 16.1 Å². The summed E-state index contributed by atoms with van der Waals surface area (Å²) in [5.74, 6) is 0. The van der Waals surface area contributed by atoms with Crippen molar-refractivity contribution >= 4 is 17.6 Å². The molecule has 0 unspecified atom stereocenters. The van der Waals surface area contributed by atoms with E-state index in [9.17, 15) is 18.0 Å². The molecule has 0 radical (unpaired) electrons. The van der Waals surface area contributed by atoms with Crippen LogP contribution in [0, 0.1) is 0 Å². The third-order valence-electron chi connectivity index (χ3n) is 3.52. The van der Waals surface area contributed by atoms with Crippen molar-refractivity contribution in [3.05, 3.63) is 52.7 Å². The molecule has 0 N–H and O–H groups in total. The van der Waals surface area contributed by atoms with Crippen LogP contribution in [0.1, 0.15) is 28.5 Å². The molecule has 0 fully saturated rings. The highest BCUT2D eigenvalue weighted by Gasteiger charge is 2.30. The zero-order valence-corrected chi connectivity index (χ0v) is 13.4. The molecule has 0 saturated carbocycles. The number of carbonyl (C=O) groups is 1. The zero-order valence-electron chi connectivity index (χ0n) is 12.5. The number of thiazole rings is 1. The maximum absolute atomic E-state index is 12.8. The van der Waals surface area contributed by atoms with E-state index in [0.29, 0.717) is 28.4 Å². The average Bonchev–Trinajstić information content (AvgIpc) is 3.20. The number of alkyl halides is 3. The lowest BCUT2D eigenvalue weighted by atomic mass is 10.1. The number of aldehydes is 1. The molecule has 4 nitrogen and oxygen atoms in total. The third kappa shape index (κ3) is 2.96. The molecule has 124 valence electrons. The number of hydrogen-bond donors (Lipinski definition) is 0. The lowest BCUT2D eigenvalue weighted by molar-refractivity contribution is -0.137. The van der Waals surface area contributed by atoms with Crippen molar-refractivity contribution in [3.8, 4) is 16.4 Å². The van der Waals surface area contributed by atoms with Crippen LogP contribution in [0.2, 0.25) is 0 Å². The van der Waals surface area contributed by atoms with Crippen molar-refractivity contribution in [1.29, 1.82) is 0 Å². The zero-order chi connectivity index (χ0) is 17.3. The Morgan fingerprint density at radius 2 is 2.12 bits per heavy atom. The number of rotatable bonds is 4. The second-order valence-electron chi connectivity index (χ2n) is 5.02. The first-order valence-corrected chi connectivity index (χ1v) is 7.97. The van der Waals surface area contributed by atoms with Gasteiger partial charge in [-0.15, -0.1) is 11.3 Å². The molecule has 0 aliphatic heterocycles. The Labute approximate surface area is 139 Å². The van der Waals surface area contributed by atoms with Crippen molar-refractivity contribution in [2.75, 3.05) is 0 Å². The summed E-state index contributed by atoms with van der Waals surface area (Å²) in [6.07, 6.45) is -1.63. The van der Waals surface area contributed by atoms with Gasteiger partial charge >= 0.3 is 6.18 Å². The third-order valence-corrected chi connectivity index (χ3v) is 4.34. The van der Waals surface area contributed by atoms with Gasteiger partial charge in [0.2, 0.25) is 5.13 Å². The molecule has 2 aromatic heterocycles. The Kier molecular flexibility index (Phi) is 4.23. The molecule has 1 aromatic carbocycles. The Morgan fingerprint density at radius 1 is 1.33 bits per heavy atom. The Hall–Kier alpha value is -2.48. The number of halogens is 3. The summed E-state index contributed by atoms with van der Waals surface area (Å²) in [4.78, 5) is 15.4. The first kappa shape index (κ1) is 16.4. The van der Waals surface area contributed by atoms with Gasteiger partial charge in [0.1, 0.15) is 0 Å². The molecule has 0 atom stereocenters. The molecule has 0 amide bonds. The van der Waals surface area contributed by atoms with E-state index in [1.165, 1.54) is 23.6 Å². The van der Waals surface area contributed by atoms with Crippen molar-refractivity contribution in [1.82, 2.24) is 14.8 Å². The van der Waals surface area contributed by atoms with Crippen molar-refractivity contribution in [3.63, 3.8) is 0 Å². The molecular weight excluding hydrogens is 339 g/mol. The van der Waals surface area contributed by atoms with Crippen LogP contribution >= 0.6 is 11.3 Å². The van der Waals surface area contributed by atoms with Gasteiger partial charge in [-0.05, 0) is 18.6 Å². The second kappa shape index (κ2) is 6.20. The fourth-order valence-corrected chi connectivity index (χ4v) is 3.17. The van der Waals surface area contributed by atoms with Crippen LogP contribution in [0.5, 0.6) is 0 Å². The number of nitrogens with zero attached hydrogens (tertiary/aromatic N) is 3. The summed E-state index contributed by atoms with van der Waals surface area (Å²) in [5, 5.41) is 6.33. The van der Waals surface area contributed by atoms with Gasteiger partial charge in [-0.1, -0.05) is 19.1 Å². The Morgan fingerprint density at radius 3 is 2.79 bits per heavy atom. The molecule has 3 rings (SSSR count). The van der Waals surface area contributed by atoms with E-state index in [2.05, 4.69) is 10.1 Å². The highest BCUT2D eigenvalue weighted by molar-refractivity contribution is 7.12. The van der Waals surface area contributed by atoms with Gasteiger partial charge in [0, 0.05) is 10.9 Å². The lowest BCUT2D eigenvalue weighted by Crippen LogP contribution is -2.04. The summed E-state index contributed by atoms with van der Waals surface area (Å²) < 4.78 is 40.0. The van der Waals surface area contributed by atoms with Gasteiger partial charge in [-0.25, -0.2) is 9.67 Å². The molecule has 0 aliphatic rings. The van der Waals surface area contributed by atoms with Gasteiger partial charge in [0.25, 0.3) is 0 Å². The van der Waals surface area contributed by atoms with Crippen LogP contribution < -0.4 is 0 Å². The van der Waals surface area contributed by atoms with E-state index < -0.39 is 11.7 Å². The molecule has 3 aromatic rings. The van der Waals surface area contributed by atoms with Crippen LogP contribution in [0.4, 0.5) is 13.2 Å². The predicted molar refractivity (Wildman–Crippen MR) is 84.4 cm³/mol. The monoisotopic (exact) mass is 351 g/mol. The van der Waals surface area contributed by atoms with Crippen LogP contribution in [0.15, 0.2) is 35.8 Å². The molecule has 8 heteroatoms. The van der Waals surface area contributed by atoms with Crippen molar-refractivity contribution < 1.29 is 18.0 Å². The minimum atomic E-state index is -4.40. The molecular formula is C16H12F3N3OS.